The van der Waals surface area contributed by atoms with Crippen LogP contribution < -0.4 is 5.43 Å². The molecule has 0 bridgehead atoms. The van der Waals surface area contributed by atoms with Gasteiger partial charge in [0.15, 0.2) is 0 Å². The number of benzene rings is 3. The molecule has 0 saturated heterocycles. The van der Waals surface area contributed by atoms with Gasteiger partial charge in [-0.3, -0.25) is 5.43 Å². The highest BCUT2D eigenvalue weighted by atomic mass is 32.1. The third kappa shape index (κ3) is 3.66. The Hall–Kier alpha value is -3.77. The van der Waals surface area contributed by atoms with Crippen molar-refractivity contribution < 1.29 is 0 Å². The van der Waals surface area contributed by atoms with Gasteiger partial charge in [0.25, 0.3) is 0 Å². The van der Waals surface area contributed by atoms with E-state index in [-0.39, 0.29) is 0 Å². The van der Waals surface area contributed by atoms with Gasteiger partial charge in [-0.2, -0.15) is 10.2 Å². The number of nitrogens with zero attached hydrogens (tertiary/aromatic N) is 4. The van der Waals surface area contributed by atoms with Gasteiger partial charge >= 0.3 is 0 Å². The molecule has 0 saturated carbocycles. The van der Waals surface area contributed by atoms with E-state index in [0.717, 1.165) is 37.9 Å². The molecule has 0 unspecified atom stereocenters. The summed E-state index contributed by atoms with van der Waals surface area (Å²) < 4.78 is 3.01. The predicted octanol–water partition coefficient (Wildman–Crippen LogP) is 5.60. The lowest BCUT2D eigenvalue weighted by atomic mass is 10.1. The van der Waals surface area contributed by atoms with Crippen molar-refractivity contribution in [3.05, 3.63) is 96.7 Å². The lowest BCUT2D eigenvalue weighted by Gasteiger charge is -2.00. The molecule has 0 radical (unpaired) electrons. The molecule has 3 aromatic carbocycles. The summed E-state index contributed by atoms with van der Waals surface area (Å²) in [6.45, 7) is 0. The average molecular weight is 395 g/mol. The van der Waals surface area contributed by atoms with Crippen LogP contribution >= 0.6 is 11.3 Å². The fourth-order valence-electron chi connectivity index (χ4n) is 3.09. The van der Waals surface area contributed by atoms with Crippen LogP contribution in [0.3, 0.4) is 0 Å². The Kier molecular flexibility index (Phi) is 4.60. The Morgan fingerprint density at radius 3 is 2.38 bits per heavy atom. The van der Waals surface area contributed by atoms with Crippen LogP contribution in [0.25, 0.3) is 27.2 Å². The van der Waals surface area contributed by atoms with Gasteiger partial charge in [0.1, 0.15) is 5.69 Å². The van der Waals surface area contributed by atoms with Crippen LogP contribution in [0.1, 0.15) is 5.56 Å². The minimum absolute atomic E-state index is 0.763. The van der Waals surface area contributed by atoms with E-state index in [2.05, 4.69) is 33.7 Å². The second-order valence-electron chi connectivity index (χ2n) is 6.44. The highest BCUT2D eigenvalue weighted by molar-refractivity contribution is 7.22. The first-order valence-electron chi connectivity index (χ1n) is 9.22. The fraction of sp³-hybridized carbons (Fsp3) is 0. The van der Waals surface area contributed by atoms with Crippen LogP contribution in [0.4, 0.5) is 5.13 Å². The average Bonchev–Trinajstić information content (AvgIpc) is 3.39. The molecule has 29 heavy (non-hydrogen) atoms. The standard InChI is InChI=1S/C23H17N5S/c1-3-9-17(10-4-1)22-18(16-28(27-22)19-11-5-2-6-12-19)15-24-26-23-25-20-13-7-8-14-21(20)29-23/h1-16H,(H,25,26)/b24-15+. The number of rotatable bonds is 5. The SMILES string of the molecule is C(=N\Nc1nc2ccccc2s1)/c1cn(-c2ccccc2)nc1-c1ccccc1. The van der Waals surface area contributed by atoms with Gasteiger partial charge in [0.2, 0.25) is 5.13 Å². The summed E-state index contributed by atoms with van der Waals surface area (Å²) in [5.74, 6) is 0. The van der Waals surface area contributed by atoms with Gasteiger partial charge in [-0.05, 0) is 24.3 Å². The monoisotopic (exact) mass is 395 g/mol. The number of nitrogens with one attached hydrogen (secondary N) is 1. The molecular weight excluding hydrogens is 378 g/mol. The number of anilines is 1. The molecule has 0 aliphatic heterocycles. The van der Waals surface area contributed by atoms with E-state index in [1.165, 1.54) is 0 Å². The molecule has 0 aliphatic rings. The summed E-state index contributed by atoms with van der Waals surface area (Å²) in [6, 6.07) is 28.2. The topological polar surface area (TPSA) is 55.1 Å². The summed E-state index contributed by atoms with van der Waals surface area (Å²) >= 11 is 1.58. The molecule has 140 valence electrons. The Bertz CT molecular complexity index is 1240. The summed E-state index contributed by atoms with van der Waals surface area (Å²) in [4.78, 5) is 4.55. The molecule has 2 aromatic heterocycles. The molecule has 0 fully saturated rings. The first-order valence-corrected chi connectivity index (χ1v) is 10.0. The normalized spacial score (nSPS) is 11.3. The smallest absolute Gasteiger partial charge is 0.204 e. The van der Waals surface area contributed by atoms with Gasteiger partial charge < -0.3 is 0 Å². The van der Waals surface area contributed by atoms with E-state index in [9.17, 15) is 0 Å². The van der Waals surface area contributed by atoms with Gasteiger partial charge in [0, 0.05) is 17.3 Å². The number of hydrogen-bond acceptors (Lipinski definition) is 5. The molecule has 5 nitrogen and oxygen atoms in total. The first kappa shape index (κ1) is 17.3. The minimum Gasteiger partial charge on any atom is -0.253 e. The molecular formula is C23H17N5S. The lowest BCUT2D eigenvalue weighted by Crippen LogP contribution is -1.93. The van der Waals surface area contributed by atoms with Gasteiger partial charge in [-0.25, -0.2) is 9.67 Å². The Morgan fingerprint density at radius 2 is 1.59 bits per heavy atom. The van der Waals surface area contributed by atoms with Gasteiger partial charge in [-0.15, -0.1) is 0 Å². The number of para-hydroxylation sites is 2. The van der Waals surface area contributed by atoms with E-state index in [1.807, 2.05) is 77.6 Å². The largest absolute Gasteiger partial charge is 0.253 e. The van der Waals surface area contributed by atoms with Crippen molar-refractivity contribution in [2.45, 2.75) is 0 Å². The van der Waals surface area contributed by atoms with Crippen molar-refractivity contribution in [1.82, 2.24) is 14.8 Å². The van der Waals surface area contributed by atoms with Crippen LogP contribution in [0.5, 0.6) is 0 Å². The van der Waals surface area contributed by atoms with Gasteiger partial charge in [0.05, 0.1) is 22.1 Å². The van der Waals surface area contributed by atoms with Crippen LogP contribution in [-0.4, -0.2) is 21.0 Å². The highest BCUT2D eigenvalue weighted by Gasteiger charge is 2.11. The number of hydrazone groups is 1. The maximum Gasteiger partial charge on any atom is 0.204 e. The summed E-state index contributed by atoms with van der Waals surface area (Å²) in [6.07, 6.45) is 3.78. The van der Waals surface area contributed by atoms with Crippen LogP contribution in [0, 0.1) is 0 Å². The third-order valence-corrected chi connectivity index (χ3v) is 5.41. The molecule has 0 spiro atoms. The third-order valence-electron chi connectivity index (χ3n) is 4.47. The zero-order valence-electron chi connectivity index (χ0n) is 15.4. The Balaban J connectivity index is 1.47. The van der Waals surface area contributed by atoms with Crippen molar-refractivity contribution >= 4 is 32.9 Å². The number of aromatic nitrogens is 3. The van der Waals surface area contributed by atoms with Crippen LogP contribution in [0.15, 0.2) is 96.2 Å². The summed E-state index contributed by atoms with van der Waals surface area (Å²) in [5, 5.41) is 9.98. The predicted molar refractivity (Wildman–Crippen MR) is 120 cm³/mol. The van der Waals surface area contributed by atoms with Crippen molar-refractivity contribution in [1.29, 1.82) is 0 Å². The summed E-state index contributed by atoms with van der Waals surface area (Å²) in [5.41, 5.74) is 7.87. The zero-order valence-corrected chi connectivity index (χ0v) is 16.3. The Labute approximate surface area is 172 Å². The van der Waals surface area contributed by atoms with E-state index >= 15 is 0 Å². The van der Waals surface area contributed by atoms with Crippen LogP contribution in [0.2, 0.25) is 0 Å². The maximum atomic E-state index is 4.80. The van der Waals surface area contributed by atoms with E-state index in [4.69, 9.17) is 5.10 Å². The number of hydrogen-bond donors (Lipinski definition) is 1. The lowest BCUT2D eigenvalue weighted by molar-refractivity contribution is 0.884. The summed E-state index contributed by atoms with van der Waals surface area (Å²) in [7, 11) is 0. The Morgan fingerprint density at radius 1 is 0.862 bits per heavy atom. The quantitative estimate of drug-likeness (QED) is 0.311. The molecule has 2 heterocycles. The molecule has 0 aliphatic carbocycles. The molecule has 0 amide bonds. The van der Waals surface area contributed by atoms with Crippen molar-refractivity contribution in [2.24, 2.45) is 5.10 Å². The molecule has 0 atom stereocenters. The minimum atomic E-state index is 0.763. The van der Waals surface area contributed by atoms with E-state index in [0.29, 0.717) is 0 Å². The molecule has 6 heteroatoms. The highest BCUT2D eigenvalue weighted by Crippen LogP contribution is 2.26. The van der Waals surface area contributed by atoms with E-state index < -0.39 is 0 Å². The zero-order chi connectivity index (χ0) is 19.5. The van der Waals surface area contributed by atoms with Crippen molar-refractivity contribution in [3.63, 3.8) is 0 Å². The fourth-order valence-corrected chi connectivity index (χ4v) is 3.91. The maximum absolute atomic E-state index is 4.80. The van der Waals surface area contributed by atoms with Crippen molar-refractivity contribution in [3.8, 4) is 16.9 Å². The first-order chi connectivity index (χ1) is 14.4. The second-order valence-corrected chi connectivity index (χ2v) is 7.47. The number of fused-ring (bicyclic) bond motifs is 1. The molecule has 5 rings (SSSR count). The molecule has 5 aromatic rings. The number of thiazole rings is 1. The molecule has 1 N–H and O–H groups in total. The second kappa shape index (κ2) is 7.69. The van der Waals surface area contributed by atoms with E-state index in [1.54, 1.807) is 17.6 Å². The van der Waals surface area contributed by atoms with Gasteiger partial charge in [-0.1, -0.05) is 72.0 Å². The van der Waals surface area contributed by atoms with Crippen LogP contribution in [-0.2, 0) is 0 Å². The van der Waals surface area contributed by atoms with Crippen molar-refractivity contribution in [2.75, 3.05) is 5.43 Å².